The van der Waals surface area contributed by atoms with E-state index in [1.54, 1.807) is 0 Å². The zero-order valence-electron chi connectivity index (χ0n) is 14.3. The highest BCUT2D eigenvalue weighted by Crippen LogP contribution is 2.41. The fraction of sp³-hybridized carbons (Fsp3) is 0.882. The molecule has 22 heavy (non-hydrogen) atoms. The highest BCUT2D eigenvalue weighted by atomic mass is 16.4. The Hall–Kier alpha value is -1.10. The van der Waals surface area contributed by atoms with E-state index < -0.39 is 5.97 Å². The molecule has 1 N–H and O–H groups in total. The Morgan fingerprint density at radius 3 is 2.18 bits per heavy atom. The fourth-order valence-corrected chi connectivity index (χ4v) is 4.03. The van der Waals surface area contributed by atoms with Crippen molar-refractivity contribution in [2.75, 3.05) is 19.6 Å². The molecule has 0 aromatic carbocycles. The minimum atomic E-state index is -0.703. The van der Waals surface area contributed by atoms with E-state index in [9.17, 15) is 14.7 Å². The van der Waals surface area contributed by atoms with Crippen molar-refractivity contribution < 1.29 is 14.7 Å². The zero-order chi connectivity index (χ0) is 16.4. The Morgan fingerprint density at radius 1 is 1.14 bits per heavy atom. The van der Waals surface area contributed by atoms with Crippen molar-refractivity contribution in [3.63, 3.8) is 0 Å². The molecule has 2 rings (SSSR count). The first-order valence-corrected chi connectivity index (χ1v) is 8.55. The molecule has 0 saturated carbocycles. The van der Waals surface area contributed by atoms with Crippen molar-refractivity contribution >= 4 is 11.9 Å². The number of nitrogens with zero attached hydrogens (tertiary/aromatic N) is 2. The van der Waals surface area contributed by atoms with Gasteiger partial charge >= 0.3 is 5.97 Å². The Bertz CT molecular complexity index is 412. The first kappa shape index (κ1) is 17.3. The van der Waals surface area contributed by atoms with Crippen molar-refractivity contribution in [3.8, 4) is 0 Å². The average molecular weight is 310 g/mol. The fourth-order valence-electron chi connectivity index (χ4n) is 4.03. The number of carbonyl (C=O) groups excluding carboxylic acids is 1. The number of fused-ring (bicyclic) bond motifs is 2. The Balaban J connectivity index is 1.99. The molecule has 3 unspecified atom stereocenters. The number of carboxylic acids is 1. The molecule has 0 spiro atoms. The number of amides is 1. The van der Waals surface area contributed by atoms with Gasteiger partial charge in [-0.3, -0.25) is 14.5 Å². The number of carboxylic acid groups (broad SMARTS) is 1. The van der Waals surface area contributed by atoms with E-state index in [-0.39, 0.29) is 23.9 Å². The summed E-state index contributed by atoms with van der Waals surface area (Å²) >= 11 is 0. The van der Waals surface area contributed by atoms with Crippen LogP contribution in [0.5, 0.6) is 0 Å². The van der Waals surface area contributed by atoms with E-state index in [1.165, 1.54) is 0 Å². The van der Waals surface area contributed by atoms with Crippen molar-refractivity contribution in [1.82, 2.24) is 9.80 Å². The molecule has 5 heteroatoms. The predicted octanol–water partition coefficient (Wildman–Crippen LogP) is 2.06. The molecule has 5 nitrogen and oxygen atoms in total. The molecule has 1 amide bonds. The van der Waals surface area contributed by atoms with Crippen molar-refractivity contribution in [2.45, 2.75) is 59.0 Å². The molecule has 2 aliphatic heterocycles. The summed E-state index contributed by atoms with van der Waals surface area (Å²) < 4.78 is 0. The molecule has 2 bridgehead atoms. The molecule has 2 aliphatic rings. The van der Waals surface area contributed by atoms with Crippen molar-refractivity contribution in [2.24, 2.45) is 17.8 Å². The number of hydrogen-bond donors (Lipinski definition) is 1. The number of carbonyl (C=O) groups is 2. The molecule has 0 radical (unpaired) electrons. The first-order chi connectivity index (χ1) is 10.3. The third-order valence-electron chi connectivity index (χ3n) is 4.84. The SMILES string of the molecule is CC(C)CN(CC(C)C)C(=O)CN1C2CCC1C(C(=O)O)C2. The van der Waals surface area contributed by atoms with E-state index in [2.05, 4.69) is 32.6 Å². The lowest BCUT2D eigenvalue weighted by molar-refractivity contribution is -0.143. The third-order valence-corrected chi connectivity index (χ3v) is 4.84. The molecular weight excluding hydrogens is 280 g/mol. The van der Waals surface area contributed by atoms with Gasteiger partial charge in [0.2, 0.25) is 5.91 Å². The number of hydrogen-bond acceptors (Lipinski definition) is 3. The maximum atomic E-state index is 12.7. The van der Waals surface area contributed by atoms with Crippen LogP contribution in [-0.2, 0) is 9.59 Å². The van der Waals surface area contributed by atoms with Crippen LogP contribution in [0.4, 0.5) is 0 Å². The van der Waals surface area contributed by atoms with Gasteiger partial charge in [-0.05, 0) is 31.1 Å². The largest absolute Gasteiger partial charge is 0.481 e. The Morgan fingerprint density at radius 2 is 1.73 bits per heavy atom. The minimum Gasteiger partial charge on any atom is -0.481 e. The van der Waals surface area contributed by atoms with Gasteiger partial charge in [-0.1, -0.05) is 27.7 Å². The second kappa shape index (κ2) is 6.99. The van der Waals surface area contributed by atoms with Crippen LogP contribution in [0, 0.1) is 17.8 Å². The highest BCUT2D eigenvalue weighted by molar-refractivity contribution is 5.79. The summed E-state index contributed by atoms with van der Waals surface area (Å²) in [5, 5.41) is 9.31. The second-order valence-corrected chi connectivity index (χ2v) is 7.74. The van der Waals surface area contributed by atoms with Gasteiger partial charge in [-0.2, -0.15) is 0 Å². The lowest BCUT2D eigenvalue weighted by atomic mass is 9.89. The van der Waals surface area contributed by atoms with Gasteiger partial charge in [0.05, 0.1) is 12.5 Å². The first-order valence-electron chi connectivity index (χ1n) is 8.55. The van der Waals surface area contributed by atoms with Gasteiger partial charge in [-0.25, -0.2) is 0 Å². The molecule has 2 fully saturated rings. The van der Waals surface area contributed by atoms with Crippen LogP contribution in [0.15, 0.2) is 0 Å². The van der Waals surface area contributed by atoms with Gasteiger partial charge in [0.1, 0.15) is 0 Å². The molecule has 126 valence electrons. The minimum absolute atomic E-state index is 0.0615. The summed E-state index contributed by atoms with van der Waals surface area (Å²) in [6.07, 6.45) is 2.67. The topological polar surface area (TPSA) is 60.9 Å². The molecule has 3 atom stereocenters. The smallest absolute Gasteiger partial charge is 0.308 e. The summed E-state index contributed by atoms with van der Waals surface area (Å²) in [6.45, 7) is 10.5. The van der Waals surface area contributed by atoms with Crippen molar-refractivity contribution in [1.29, 1.82) is 0 Å². The van der Waals surface area contributed by atoms with E-state index >= 15 is 0 Å². The molecule has 0 aliphatic carbocycles. The standard InChI is InChI=1S/C17H30N2O3/c1-11(2)8-18(9-12(3)4)16(20)10-19-13-5-6-15(19)14(7-13)17(21)22/h11-15H,5-10H2,1-4H3,(H,21,22). The Kier molecular flexibility index (Phi) is 5.48. The second-order valence-electron chi connectivity index (χ2n) is 7.74. The molecule has 2 saturated heterocycles. The zero-order valence-corrected chi connectivity index (χ0v) is 14.3. The monoisotopic (exact) mass is 310 g/mol. The quantitative estimate of drug-likeness (QED) is 0.782. The molecule has 2 heterocycles. The lowest BCUT2D eigenvalue weighted by Crippen LogP contribution is -2.45. The third kappa shape index (κ3) is 3.80. The van der Waals surface area contributed by atoms with Gasteiger partial charge in [-0.15, -0.1) is 0 Å². The van der Waals surface area contributed by atoms with Gasteiger partial charge < -0.3 is 10.0 Å². The summed E-state index contributed by atoms with van der Waals surface area (Å²) in [6, 6.07) is 0.349. The normalized spacial score (nSPS) is 27.8. The average Bonchev–Trinajstić information content (AvgIpc) is 2.94. The highest BCUT2D eigenvalue weighted by Gasteiger charge is 2.49. The van der Waals surface area contributed by atoms with E-state index in [0.717, 1.165) is 25.9 Å². The Labute approximate surface area is 133 Å². The van der Waals surface area contributed by atoms with Crippen LogP contribution in [0.25, 0.3) is 0 Å². The van der Waals surface area contributed by atoms with Gasteiger partial charge in [0.25, 0.3) is 0 Å². The van der Waals surface area contributed by atoms with Gasteiger partial charge in [0, 0.05) is 25.2 Å². The van der Waals surface area contributed by atoms with Crippen molar-refractivity contribution in [3.05, 3.63) is 0 Å². The van der Waals surface area contributed by atoms with E-state index in [4.69, 9.17) is 0 Å². The van der Waals surface area contributed by atoms with Gasteiger partial charge in [0.15, 0.2) is 0 Å². The summed E-state index contributed by atoms with van der Waals surface area (Å²) in [7, 11) is 0. The van der Waals surface area contributed by atoms with E-state index in [0.29, 0.717) is 24.8 Å². The van der Waals surface area contributed by atoms with Crippen LogP contribution >= 0.6 is 0 Å². The van der Waals surface area contributed by atoms with Crippen LogP contribution in [0.2, 0.25) is 0 Å². The maximum absolute atomic E-state index is 12.7. The van der Waals surface area contributed by atoms with Crippen LogP contribution in [-0.4, -0.2) is 58.5 Å². The molecule has 0 aromatic rings. The number of aliphatic carboxylic acids is 1. The van der Waals surface area contributed by atoms with E-state index in [1.807, 2.05) is 4.90 Å². The number of rotatable bonds is 7. The predicted molar refractivity (Wildman–Crippen MR) is 85.5 cm³/mol. The molecule has 0 aromatic heterocycles. The summed E-state index contributed by atoms with van der Waals surface area (Å²) in [5.41, 5.74) is 0. The maximum Gasteiger partial charge on any atom is 0.308 e. The van der Waals surface area contributed by atoms with Crippen LogP contribution in [0.3, 0.4) is 0 Å². The van der Waals surface area contributed by atoms with Crippen LogP contribution in [0.1, 0.15) is 47.0 Å². The summed E-state index contributed by atoms with van der Waals surface area (Å²) in [5.74, 6) is 0.0703. The summed E-state index contributed by atoms with van der Waals surface area (Å²) in [4.78, 5) is 28.2. The van der Waals surface area contributed by atoms with Crippen LogP contribution < -0.4 is 0 Å². The lowest BCUT2D eigenvalue weighted by Gasteiger charge is -2.30. The molecular formula is C17H30N2O3.